The number of nitrogens with zero attached hydrogens (tertiary/aromatic N) is 3. The quantitative estimate of drug-likeness (QED) is 0.583. The zero-order chi connectivity index (χ0) is 20.8. The van der Waals surface area contributed by atoms with Crippen molar-refractivity contribution in [1.29, 1.82) is 5.26 Å². The number of benzene rings is 1. The van der Waals surface area contributed by atoms with E-state index < -0.39 is 28.6 Å². The van der Waals surface area contributed by atoms with Crippen LogP contribution in [0, 0.1) is 27.4 Å². The number of nitrogens with one attached hydrogen (secondary N) is 1. The first-order chi connectivity index (χ1) is 13.2. The van der Waals surface area contributed by atoms with Crippen molar-refractivity contribution in [3.05, 3.63) is 73.7 Å². The SMILES string of the molecule is CC(C)Cc1ccc([C@@H](C)NC(=O)Cn2cc([N+](=O)[O-])cc(C#N)c2=O)cc1. The third-order valence-corrected chi connectivity index (χ3v) is 4.22. The summed E-state index contributed by atoms with van der Waals surface area (Å²) in [5.41, 5.74) is 0.580. The first-order valence-electron chi connectivity index (χ1n) is 8.88. The maximum atomic E-state index is 12.3. The lowest BCUT2D eigenvalue weighted by Gasteiger charge is -2.16. The molecule has 0 unspecified atom stereocenters. The van der Waals surface area contributed by atoms with Crippen molar-refractivity contribution < 1.29 is 9.72 Å². The van der Waals surface area contributed by atoms with Crippen molar-refractivity contribution in [3.63, 3.8) is 0 Å². The molecule has 2 aromatic rings. The third-order valence-electron chi connectivity index (χ3n) is 4.22. The maximum Gasteiger partial charge on any atom is 0.287 e. The second kappa shape index (κ2) is 8.95. The molecule has 0 aliphatic heterocycles. The van der Waals surface area contributed by atoms with Gasteiger partial charge in [-0.1, -0.05) is 38.1 Å². The minimum atomic E-state index is -0.742. The number of carbonyl (C=O) groups excluding carboxylic acids is 1. The van der Waals surface area contributed by atoms with Gasteiger partial charge in [0.1, 0.15) is 18.2 Å². The largest absolute Gasteiger partial charge is 0.348 e. The topological polar surface area (TPSA) is 118 Å². The number of carbonyl (C=O) groups is 1. The van der Waals surface area contributed by atoms with Gasteiger partial charge in [-0.05, 0) is 30.4 Å². The first-order valence-corrected chi connectivity index (χ1v) is 8.88. The van der Waals surface area contributed by atoms with Gasteiger partial charge < -0.3 is 5.32 Å². The molecule has 1 amide bonds. The number of pyridine rings is 1. The van der Waals surface area contributed by atoms with E-state index in [-0.39, 0.29) is 11.6 Å². The second-order valence-electron chi connectivity index (χ2n) is 7.04. The Morgan fingerprint density at radius 1 is 1.29 bits per heavy atom. The van der Waals surface area contributed by atoms with Gasteiger partial charge in [0.25, 0.3) is 11.2 Å². The Hall–Kier alpha value is -3.47. The number of hydrogen-bond donors (Lipinski definition) is 1. The summed E-state index contributed by atoms with van der Waals surface area (Å²) < 4.78 is 0.879. The highest BCUT2D eigenvalue weighted by Crippen LogP contribution is 2.16. The molecule has 0 fully saturated rings. The minimum absolute atomic E-state index is 0.301. The number of aromatic nitrogens is 1. The molecule has 0 aliphatic rings. The fourth-order valence-electron chi connectivity index (χ4n) is 2.86. The van der Waals surface area contributed by atoms with Crippen LogP contribution in [0.15, 0.2) is 41.3 Å². The molecule has 28 heavy (non-hydrogen) atoms. The molecule has 0 bridgehead atoms. The van der Waals surface area contributed by atoms with Crippen molar-refractivity contribution in [2.45, 2.75) is 39.8 Å². The van der Waals surface area contributed by atoms with Gasteiger partial charge in [-0.3, -0.25) is 24.3 Å². The fourth-order valence-corrected chi connectivity index (χ4v) is 2.86. The second-order valence-corrected chi connectivity index (χ2v) is 7.04. The number of rotatable bonds is 7. The van der Waals surface area contributed by atoms with Gasteiger partial charge in [0.2, 0.25) is 5.91 Å². The number of nitriles is 1. The van der Waals surface area contributed by atoms with Crippen LogP contribution in [0.4, 0.5) is 5.69 Å². The molecule has 1 aromatic carbocycles. The number of amides is 1. The molecule has 8 heteroatoms. The summed E-state index contributed by atoms with van der Waals surface area (Å²) in [7, 11) is 0. The van der Waals surface area contributed by atoms with Gasteiger partial charge >= 0.3 is 0 Å². The van der Waals surface area contributed by atoms with Gasteiger partial charge in [0.15, 0.2) is 0 Å². The fraction of sp³-hybridized carbons (Fsp3) is 0.350. The van der Waals surface area contributed by atoms with Crippen LogP contribution in [0.3, 0.4) is 0 Å². The molecule has 0 saturated carbocycles. The van der Waals surface area contributed by atoms with Crippen LogP contribution in [0.2, 0.25) is 0 Å². The van der Waals surface area contributed by atoms with E-state index in [0.717, 1.165) is 28.8 Å². The van der Waals surface area contributed by atoms with E-state index in [9.17, 15) is 19.7 Å². The lowest BCUT2D eigenvalue weighted by atomic mass is 10.00. The molecular weight excluding hydrogens is 360 g/mol. The van der Waals surface area contributed by atoms with Crippen molar-refractivity contribution in [2.24, 2.45) is 5.92 Å². The van der Waals surface area contributed by atoms with Crippen LogP contribution in [0.25, 0.3) is 0 Å². The average Bonchev–Trinajstić information content (AvgIpc) is 2.63. The van der Waals surface area contributed by atoms with Crippen molar-refractivity contribution in [3.8, 4) is 6.07 Å². The summed E-state index contributed by atoms with van der Waals surface area (Å²) >= 11 is 0. The van der Waals surface area contributed by atoms with Gasteiger partial charge in [0.05, 0.1) is 17.2 Å². The van der Waals surface area contributed by atoms with Crippen molar-refractivity contribution in [2.75, 3.05) is 0 Å². The Bertz CT molecular complexity index is 971. The summed E-state index contributed by atoms with van der Waals surface area (Å²) in [5, 5.41) is 22.7. The van der Waals surface area contributed by atoms with Crippen LogP contribution in [0.5, 0.6) is 0 Å². The smallest absolute Gasteiger partial charge is 0.287 e. The van der Waals surface area contributed by atoms with E-state index in [0.29, 0.717) is 5.92 Å². The lowest BCUT2D eigenvalue weighted by molar-refractivity contribution is -0.385. The summed E-state index contributed by atoms with van der Waals surface area (Å²) in [4.78, 5) is 34.7. The van der Waals surface area contributed by atoms with Gasteiger partial charge in [-0.2, -0.15) is 5.26 Å². The summed E-state index contributed by atoms with van der Waals surface area (Å²) in [5.74, 6) is 0.0692. The van der Waals surface area contributed by atoms with Crippen LogP contribution in [-0.2, 0) is 17.8 Å². The van der Waals surface area contributed by atoms with Gasteiger partial charge in [0, 0.05) is 6.07 Å². The Kier molecular flexibility index (Phi) is 6.66. The highest BCUT2D eigenvalue weighted by molar-refractivity contribution is 5.76. The average molecular weight is 382 g/mol. The maximum absolute atomic E-state index is 12.3. The minimum Gasteiger partial charge on any atom is -0.348 e. The normalized spacial score (nSPS) is 11.7. The van der Waals surface area contributed by atoms with E-state index in [1.807, 2.05) is 31.2 Å². The molecule has 1 N–H and O–H groups in total. The van der Waals surface area contributed by atoms with Crippen molar-refractivity contribution in [1.82, 2.24) is 9.88 Å². The Morgan fingerprint density at radius 3 is 2.46 bits per heavy atom. The van der Waals surface area contributed by atoms with E-state index in [2.05, 4.69) is 19.2 Å². The molecule has 0 saturated heterocycles. The standard InChI is InChI=1S/C20H22N4O4/c1-13(2)8-15-4-6-16(7-5-15)14(3)22-19(25)12-23-11-18(24(27)28)9-17(10-21)20(23)26/h4-7,9,11,13-14H,8,12H2,1-3H3,(H,22,25)/t14-/m1/s1. The summed E-state index contributed by atoms with van der Waals surface area (Å²) in [6, 6.07) is 10.1. The van der Waals surface area contributed by atoms with Crippen molar-refractivity contribution >= 4 is 11.6 Å². The van der Waals surface area contributed by atoms with E-state index in [1.165, 1.54) is 5.56 Å². The molecule has 146 valence electrons. The predicted octanol–water partition coefficient (Wildman–Crippen LogP) is 2.70. The van der Waals surface area contributed by atoms with E-state index >= 15 is 0 Å². The molecular formula is C20H22N4O4. The van der Waals surface area contributed by atoms with Crippen LogP contribution in [-0.4, -0.2) is 15.4 Å². The lowest BCUT2D eigenvalue weighted by Crippen LogP contribution is -2.34. The van der Waals surface area contributed by atoms with Gasteiger partial charge in [-0.25, -0.2) is 0 Å². The number of hydrogen-bond acceptors (Lipinski definition) is 5. The molecule has 0 radical (unpaired) electrons. The molecule has 0 aliphatic carbocycles. The highest BCUT2D eigenvalue weighted by atomic mass is 16.6. The van der Waals surface area contributed by atoms with E-state index in [4.69, 9.17) is 5.26 Å². The molecule has 1 atom stereocenters. The molecule has 0 spiro atoms. The van der Waals surface area contributed by atoms with Crippen LogP contribution < -0.4 is 10.9 Å². The molecule has 2 rings (SSSR count). The Balaban J connectivity index is 2.11. The number of nitro groups is 1. The van der Waals surface area contributed by atoms with Gasteiger partial charge in [-0.15, -0.1) is 0 Å². The zero-order valence-corrected chi connectivity index (χ0v) is 16.0. The Labute approximate surface area is 162 Å². The monoisotopic (exact) mass is 382 g/mol. The highest BCUT2D eigenvalue weighted by Gasteiger charge is 2.17. The predicted molar refractivity (Wildman–Crippen MR) is 104 cm³/mol. The molecule has 1 heterocycles. The third kappa shape index (κ3) is 5.27. The van der Waals surface area contributed by atoms with Crippen LogP contribution in [0.1, 0.15) is 43.5 Å². The summed E-state index contributed by atoms with van der Waals surface area (Å²) in [6.07, 6.45) is 1.94. The van der Waals surface area contributed by atoms with Crippen LogP contribution >= 0.6 is 0 Å². The zero-order valence-electron chi connectivity index (χ0n) is 16.0. The summed E-state index contributed by atoms with van der Waals surface area (Å²) in [6.45, 7) is 5.69. The first kappa shape index (κ1) is 20.8. The molecule has 8 nitrogen and oxygen atoms in total. The Morgan fingerprint density at radius 2 is 1.93 bits per heavy atom. The molecule has 1 aromatic heterocycles. The van der Waals surface area contributed by atoms with E-state index in [1.54, 1.807) is 6.07 Å².